The van der Waals surface area contributed by atoms with Crippen molar-refractivity contribution in [1.29, 1.82) is 0 Å². The van der Waals surface area contributed by atoms with Crippen molar-refractivity contribution in [3.8, 4) is 5.75 Å². The minimum atomic E-state index is -0.922. The van der Waals surface area contributed by atoms with E-state index in [1.54, 1.807) is 12.0 Å². The molecule has 0 unspecified atom stereocenters. The largest absolute Gasteiger partial charge is 0.496 e. The number of carboxylic acids is 1. The zero-order chi connectivity index (χ0) is 29.9. The molecule has 2 heterocycles. The van der Waals surface area contributed by atoms with Crippen molar-refractivity contribution in [2.24, 2.45) is 17.3 Å². The number of anilines is 1. The number of carboxylic acid groups (broad SMARTS) is 1. The van der Waals surface area contributed by atoms with Crippen LogP contribution in [0.4, 0.5) is 5.69 Å². The first-order valence-electron chi connectivity index (χ1n) is 16.0. The van der Waals surface area contributed by atoms with E-state index >= 15 is 0 Å². The summed E-state index contributed by atoms with van der Waals surface area (Å²) in [5.41, 5.74) is 2.85. The number of carbonyl (C=O) groups is 2. The lowest BCUT2D eigenvalue weighted by Crippen LogP contribution is -2.49. The van der Waals surface area contributed by atoms with E-state index in [0.717, 1.165) is 62.1 Å². The topological polar surface area (TPSA) is 82.1 Å². The second-order valence-corrected chi connectivity index (χ2v) is 13.6. The van der Waals surface area contributed by atoms with Gasteiger partial charge in [0, 0.05) is 48.8 Å². The molecule has 0 bridgehead atoms. The van der Waals surface area contributed by atoms with Crippen molar-refractivity contribution >= 4 is 17.6 Å². The Hall–Kier alpha value is -3.06. The van der Waals surface area contributed by atoms with Crippen molar-refractivity contribution in [3.05, 3.63) is 59.7 Å². The Morgan fingerprint density at radius 1 is 0.952 bits per heavy atom. The van der Waals surface area contributed by atoms with Gasteiger partial charge in [-0.1, -0.05) is 70.4 Å². The third-order valence-electron chi connectivity index (χ3n) is 9.78. The second kappa shape index (κ2) is 13.1. The molecule has 5 rings (SSSR count). The van der Waals surface area contributed by atoms with E-state index in [2.05, 4.69) is 43.1 Å². The Morgan fingerprint density at radius 2 is 1.62 bits per heavy atom. The maximum atomic E-state index is 14.3. The third kappa shape index (κ3) is 6.31. The van der Waals surface area contributed by atoms with Crippen LogP contribution in [0.15, 0.2) is 48.5 Å². The molecule has 1 saturated carbocycles. The van der Waals surface area contributed by atoms with Gasteiger partial charge in [0.05, 0.1) is 13.2 Å². The van der Waals surface area contributed by atoms with Crippen LogP contribution in [0.5, 0.6) is 5.75 Å². The molecule has 2 N–H and O–H groups in total. The number of hydrogen-bond donors (Lipinski definition) is 2. The average Bonchev–Trinajstić information content (AvgIpc) is 3.37. The molecule has 2 aliphatic heterocycles. The van der Waals surface area contributed by atoms with Crippen LogP contribution >= 0.6 is 0 Å². The van der Waals surface area contributed by atoms with Gasteiger partial charge in [0.2, 0.25) is 5.91 Å². The number of aliphatic carboxylic acids is 1. The fraction of sp³-hybridized carbons (Fsp3) is 0.600. The Kier molecular flexibility index (Phi) is 9.46. The van der Waals surface area contributed by atoms with Crippen LogP contribution in [0.3, 0.4) is 0 Å². The zero-order valence-electron chi connectivity index (χ0n) is 25.9. The number of carbonyl (C=O) groups excluding carboxylic acids is 1. The standard InChI is InChI=1S/C35H49N3O4/c1-35(2,3)29-30(36-23-26-22-27(18-19-28(26)42-4)37-20-12-7-13-21-37)31(24-14-8-5-9-15-24)38(32(29)34(40)41)33(39)25-16-10-6-11-17-25/h5,8-9,14-15,18-19,22,25,29-32,36H,6-7,10-13,16-17,20-21,23H2,1-4H3,(H,40,41)/t29-,30-,31-,32-/m0/s1. The summed E-state index contributed by atoms with van der Waals surface area (Å²) in [6.07, 6.45) is 8.54. The molecule has 1 aliphatic carbocycles. The van der Waals surface area contributed by atoms with E-state index in [9.17, 15) is 14.7 Å². The van der Waals surface area contributed by atoms with Crippen molar-refractivity contribution < 1.29 is 19.4 Å². The summed E-state index contributed by atoms with van der Waals surface area (Å²) >= 11 is 0. The predicted octanol–water partition coefficient (Wildman–Crippen LogP) is 6.42. The first-order valence-corrected chi connectivity index (χ1v) is 16.0. The van der Waals surface area contributed by atoms with Gasteiger partial charge < -0.3 is 25.0 Å². The van der Waals surface area contributed by atoms with Crippen molar-refractivity contribution in [2.45, 2.75) is 96.8 Å². The molecule has 2 aromatic rings. The number of nitrogens with zero attached hydrogens (tertiary/aromatic N) is 2. The van der Waals surface area contributed by atoms with E-state index < -0.39 is 12.0 Å². The van der Waals surface area contributed by atoms with Crippen LogP contribution in [0, 0.1) is 17.3 Å². The highest BCUT2D eigenvalue weighted by Crippen LogP contribution is 2.49. The number of piperidine rings is 1. The zero-order valence-corrected chi connectivity index (χ0v) is 25.9. The van der Waals surface area contributed by atoms with Gasteiger partial charge in [-0.25, -0.2) is 4.79 Å². The van der Waals surface area contributed by atoms with E-state index in [1.807, 2.05) is 36.4 Å². The fourth-order valence-corrected chi connectivity index (χ4v) is 7.77. The molecule has 0 aromatic heterocycles. The molecule has 42 heavy (non-hydrogen) atoms. The van der Waals surface area contributed by atoms with E-state index in [1.165, 1.54) is 24.9 Å². The summed E-state index contributed by atoms with van der Waals surface area (Å²) in [6.45, 7) is 8.96. The molecule has 4 atom stereocenters. The van der Waals surface area contributed by atoms with Crippen LogP contribution < -0.4 is 15.0 Å². The molecule has 3 fully saturated rings. The minimum Gasteiger partial charge on any atom is -0.496 e. The normalized spacial score (nSPS) is 25.4. The van der Waals surface area contributed by atoms with Gasteiger partial charge in [-0.2, -0.15) is 0 Å². The summed E-state index contributed by atoms with van der Waals surface area (Å²) in [5, 5.41) is 14.6. The molecule has 0 radical (unpaired) electrons. The number of ether oxygens (including phenoxy) is 1. The van der Waals surface area contributed by atoms with Gasteiger partial charge in [-0.15, -0.1) is 0 Å². The molecule has 1 amide bonds. The molecule has 3 aliphatic rings. The summed E-state index contributed by atoms with van der Waals surface area (Å²) < 4.78 is 5.79. The molecule has 7 heteroatoms. The Labute approximate surface area is 251 Å². The van der Waals surface area contributed by atoms with Gasteiger partial charge >= 0.3 is 5.97 Å². The van der Waals surface area contributed by atoms with Gasteiger partial charge in [0.15, 0.2) is 0 Å². The van der Waals surface area contributed by atoms with Gasteiger partial charge in [-0.05, 0) is 61.3 Å². The van der Waals surface area contributed by atoms with Gasteiger partial charge in [0.1, 0.15) is 11.8 Å². The van der Waals surface area contributed by atoms with Crippen LogP contribution in [-0.4, -0.2) is 54.2 Å². The highest BCUT2D eigenvalue weighted by molar-refractivity contribution is 5.87. The average molecular weight is 576 g/mol. The Morgan fingerprint density at radius 3 is 2.24 bits per heavy atom. The van der Waals surface area contributed by atoms with E-state index in [4.69, 9.17) is 4.74 Å². The smallest absolute Gasteiger partial charge is 0.326 e. The second-order valence-electron chi connectivity index (χ2n) is 13.6. The number of likely N-dealkylation sites (tertiary alicyclic amines) is 1. The highest BCUT2D eigenvalue weighted by atomic mass is 16.5. The number of rotatable bonds is 8. The number of methoxy groups -OCH3 is 1. The highest BCUT2D eigenvalue weighted by Gasteiger charge is 2.58. The van der Waals surface area contributed by atoms with Gasteiger partial charge in [0.25, 0.3) is 0 Å². The third-order valence-corrected chi connectivity index (χ3v) is 9.78. The molecule has 2 aromatic carbocycles. The van der Waals surface area contributed by atoms with Crippen LogP contribution in [0.25, 0.3) is 0 Å². The summed E-state index contributed by atoms with van der Waals surface area (Å²) in [4.78, 5) is 31.7. The Bertz CT molecular complexity index is 1210. The molecular weight excluding hydrogens is 526 g/mol. The molecule has 0 spiro atoms. The maximum Gasteiger partial charge on any atom is 0.326 e. The SMILES string of the molecule is COc1ccc(N2CCCCC2)cc1CN[C@H]1[C@H](C(C)(C)C)[C@@H](C(=O)O)N(C(=O)C2CCCCC2)[C@H]1c1ccccc1. The summed E-state index contributed by atoms with van der Waals surface area (Å²) in [6, 6.07) is 14.9. The van der Waals surface area contributed by atoms with E-state index in [-0.39, 0.29) is 35.2 Å². The monoisotopic (exact) mass is 575 g/mol. The first kappa shape index (κ1) is 30.4. The maximum absolute atomic E-state index is 14.3. The summed E-state index contributed by atoms with van der Waals surface area (Å²) in [7, 11) is 1.70. The van der Waals surface area contributed by atoms with Crippen molar-refractivity contribution in [3.63, 3.8) is 0 Å². The van der Waals surface area contributed by atoms with Crippen LogP contribution in [0.2, 0.25) is 0 Å². The lowest BCUT2D eigenvalue weighted by atomic mass is 9.72. The van der Waals surface area contributed by atoms with Crippen molar-refractivity contribution in [1.82, 2.24) is 10.2 Å². The fourth-order valence-electron chi connectivity index (χ4n) is 7.77. The first-order chi connectivity index (χ1) is 20.2. The quantitative estimate of drug-likeness (QED) is 0.378. The summed E-state index contributed by atoms with van der Waals surface area (Å²) in [5.74, 6) is -0.528. The predicted molar refractivity (Wildman–Crippen MR) is 167 cm³/mol. The van der Waals surface area contributed by atoms with Gasteiger partial charge in [-0.3, -0.25) is 4.79 Å². The number of benzene rings is 2. The number of nitrogens with one attached hydrogen (secondary N) is 1. The van der Waals surface area contributed by atoms with Crippen LogP contribution in [0.1, 0.15) is 89.3 Å². The van der Waals surface area contributed by atoms with Crippen LogP contribution in [-0.2, 0) is 16.1 Å². The molecule has 7 nitrogen and oxygen atoms in total. The molecule has 2 saturated heterocycles. The lowest BCUT2D eigenvalue weighted by Gasteiger charge is -2.36. The molecular formula is C35H49N3O4. The Balaban J connectivity index is 1.54. The number of hydrogen-bond acceptors (Lipinski definition) is 5. The molecule has 228 valence electrons. The lowest BCUT2D eigenvalue weighted by molar-refractivity contribution is -0.154. The van der Waals surface area contributed by atoms with E-state index in [0.29, 0.717) is 6.54 Å². The number of amides is 1. The minimum absolute atomic E-state index is 0.000760. The van der Waals surface area contributed by atoms with Crippen molar-refractivity contribution in [2.75, 3.05) is 25.1 Å².